The first-order valence-electron chi connectivity index (χ1n) is 5.64. The van der Waals surface area contributed by atoms with Crippen LogP contribution in [-0.2, 0) is 24.1 Å². The van der Waals surface area contributed by atoms with Crippen molar-refractivity contribution in [2.24, 2.45) is 5.92 Å². The minimum absolute atomic E-state index is 0.0108. The fourth-order valence-electron chi connectivity index (χ4n) is 1.86. The summed E-state index contributed by atoms with van der Waals surface area (Å²) < 4.78 is 51.1. The van der Waals surface area contributed by atoms with Gasteiger partial charge in [-0.15, -0.1) is 0 Å². The molecule has 0 saturated carbocycles. The molecule has 1 aliphatic rings. The van der Waals surface area contributed by atoms with Crippen molar-refractivity contribution in [3.8, 4) is 0 Å². The molecule has 0 spiro atoms. The van der Waals surface area contributed by atoms with Crippen molar-refractivity contribution in [3.63, 3.8) is 0 Å². The van der Waals surface area contributed by atoms with Crippen LogP contribution in [0.15, 0.2) is 29.2 Å². The molecule has 1 saturated heterocycles. The molecule has 8 heteroatoms. The number of rotatable bonds is 4. The van der Waals surface area contributed by atoms with Crippen LogP contribution in [-0.4, -0.2) is 34.9 Å². The normalized spacial score (nSPS) is 22.5. The van der Waals surface area contributed by atoms with Crippen LogP contribution in [0.5, 0.6) is 0 Å². The SMILES string of the molecule is O=S1(=O)CC[C@@H](COS(=O)(=O)c2ccc(Cl)cc2)C1. The Bertz CT molecular complexity index is 649. The Morgan fingerprint density at radius 2 is 1.89 bits per heavy atom. The van der Waals surface area contributed by atoms with Gasteiger partial charge in [0.25, 0.3) is 10.1 Å². The zero-order valence-electron chi connectivity index (χ0n) is 9.95. The van der Waals surface area contributed by atoms with Gasteiger partial charge in [-0.05, 0) is 36.6 Å². The van der Waals surface area contributed by atoms with E-state index in [0.717, 1.165) is 0 Å². The largest absolute Gasteiger partial charge is 0.296 e. The maximum Gasteiger partial charge on any atom is 0.296 e. The summed E-state index contributed by atoms with van der Waals surface area (Å²) in [6.45, 7) is -0.107. The van der Waals surface area contributed by atoms with Crippen LogP contribution in [0.4, 0.5) is 0 Å². The third kappa shape index (κ3) is 3.92. The molecule has 1 fully saturated rings. The summed E-state index contributed by atoms with van der Waals surface area (Å²) in [4.78, 5) is 0.0118. The van der Waals surface area contributed by atoms with Crippen LogP contribution < -0.4 is 0 Å². The smallest absolute Gasteiger partial charge is 0.266 e. The fourth-order valence-corrected chi connectivity index (χ4v) is 4.80. The van der Waals surface area contributed by atoms with E-state index in [2.05, 4.69) is 0 Å². The van der Waals surface area contributed by atoms with Gasteiger partial charge in [-0.1, -0.05) is 11.6 Å². The molecule has 1 aromatic carbocycles. The van der Waals surface area contributed by atoms with Gasteiger partial charge in [0.1, 0.15) is 0 Å². The van der Waals surface area contributed by atoms with E-state index >= 15 is 0 Å². The van der Waals surface area contributed by atoms with Crippen LogP contribution >= 0.6 is 11.6 Å². The Kier molecular flexibility index (Phi) is 4.20. The summed E-state index contributed by atoms with van der Waals surface area (Å²) in [6.07, 6.45) is 0.443. The Labute approximate surface area is 117 Å². The van der Waals surface area contributed by atoms with E-state index in [1.165, 1.54) is 24.3 Å². The van der Waals surface area contributed by atoms with Crippen LogP contribution in [0.1, 0.15) is 6.42 Å². The van der Waals surface area contributed by atoms with Gasteiger partial charge >= 0.3 is 0 Å². The lowest BCUT2D eigenvalue weighted by Gasteiger charge is -2.09. The molecule has 0 amide bonds. The predicted molar refractivity (Wildman–Crippen MR) is 71.4 cm³/mol. The van der Waals surface area contributed by atoms with Gasteiger partial charge in [0, 0.05) is 5.02 Å². The highest BCUT2D eigenvalue weighted by molar-refractivity contribution is 7.91. The van der Waals surface area contributed by atoms with E-state index in [0.29, 0.717) is 11.4 Å². The zero-order chi connectivity index (χ0) is 14.1. The van der Waals surface area contributed by atoms with Gasteiger partial charge in [0.2, 0.25) is 0 Å². The van der Waals surface area contributed by atoms with Gasteiger partial charge in [0.15, 0.2) is 9.84 Å². The Hall–Kier alpha value is -0.630. The molecule has 0 bridgehead atoms. The molecule has 1 heterocycles. The van der Waals surface area contributed by atoms with Crippen LogP contribution in [0.25, 0.3) is 0 Å². The number of hydrogen-bond acceptors (Lipinski definition) is 5. The highest BCUT2D eigenvalue weighted by atomic mass is 35.5. The molecule has 0 unspecified atom stereocenters. The maximum atomic E-state index is 11.8. The Morgan fingerprint density at radius 3 is 2.42 bits per heavy atom. The van der Waals surface area contributed by atoms with Crippen LogP contribution in [0.3, 0.4) is 0 Å². The number of benzene rings is 1. The first-order chi connectivity index (χ1) is 8.78. The van der Waals surface area contributed by atoms with Crippen molar-refractivity contribution < 1.29 is 21.0 Å². The predicted octanol–water partition coefficient (Wildman–Crippen LogP) is 1.48. The van der Waals surface area contributed by atoms with Crippen molar-refractivity contribution in [2.45, 2.75) is 11.3 Å². The van der Waals surface area contributed by atoms with Crippen molar-refractivity contribution in [1.82, 2.24) is 0 Å². The molecule has 0 aromatic heterocycles. The monoisotopic (exact) mass is 324 g/mol. The van der Waals surface area contributed by atoms with Gasteiger partial charge in [-0.2, -0.15) is 8.42 Å². The minimum Gasteiger partial charge on any atom is -0.266 e. The highest BCUT2D eigenvalue weighted by Crippen LogP contribution is 2.21. The zero-order valence-corrected chi connectivity index (χ0v) is 12.3. The molecule has 0 radical (unpaired) electrons. The summed E-state index contributed by atoms with van der Waals surface area (Å²) in [5.74, 6) is -0.169. The van der Waals surface area contributed by atoms with Crippen molar-refractivity contribution in [1.29, 1.82) is 0 Å². The topological polar surface area (TPSA) is 77.5 Å². The third-order valence-electron chi connectivity index (χ3n) is 2.89. The molecule has 1 aromatic rings. The van der Waals surface area contributed by atoms with Crippen LogP contribution in [0.2, 0.25) is 5.02 Å². The summed E-state index contributed by atoms with van der Waals surface area (Å²) >= 11 is 5.67. The van der Waals surface area contributed by atoms with Gasteiger partial charge < -0.3 is 0 Å². The second-order valence-electron chi connectivity index (χ2n) is 4.46. The third-order valence-corrected chi connectivity index (χ3v) is 6.27. The number of hydrogen-bond donors (Lipinski definition) is 0. The molecule has 0 N–H and O–H groups in total. The maximum absolute atomic E-state index is 11.8. The summed E-state index contributed by atoms with van der Waals surface area (Å²) in [6, 6.07) is 5.61. The summed E-state index contributed by atoms with van der Waals surface area (Å²) in [5, 5.41) is 0.431. The second kappa shape index (κ2) is 5.40. The second-order valence-corrected chi connectivity index (χ2v) is 8.74. The minimum atomic E-state index is -3.86. The number of halogens is 1. The standard InChI is InChI=1S/C11H13ClO5S2/c12-10-1-3-11(4-2-10)19(15,16)17-7-9-5-6-18(13,14)8-9/h1-4,9H,5-8H2/t9-/m0/s1. The van der Waals surface area contributed by atoms with E-state index in [4.69, 9.17) is 15.8 Å². The van der Waals surface area contributed by atoms with E-state index < -0.39 is 20.0 Å². The first-order valence-corrected chi connectivity index (χ1v) is 9.25. The van der Waals surface area contributed by atoms with Crippen molar-refractivity contribution >= 4 is 31.6 Å². The molecule has 106 valence electrons. The molecular formula is C11H13ClO5S2. The average molecular weight is 325 g/mol. The molecule has 1 atom stereocenters. The lowest BCUT2D eigenvalue weighted by atomic mass is 10.1. The molecule has 1 aliphatic heterocycles. The molecule has 0 aliphatic carbocycles. The molecular weight excluding hydrogens is 312 g/mol. The van der Waals surface area contributed by atoms with Gasteiger partial charge in [-0.3, -0.25) is 4.18 Å². The van der Waals surface area contributed by atoms with Crippen molar-refractivity contribution in [2.75, 3.05) is 18.1 Å². The summed E-state index contributed by atoms with van der Waals surface area (Å²) in [7, 11) is -6.88. The first kappa shape index (κ1) is 14.8. The molecule has 2 rings (SSSR count). The van der Waals surface area contributed by atoms with E-state index in [9.17, 15) is 16.8 Å². The van der Waals surface area contributed by atoms with Gasteiger partial charge in [0.05, 0.1) is 23.0 Å². The van der Waals surface area contributed by atoms with Crippen LogP contribution in [0, 0.1) is 5.92 Å². The summed E-state index contributed by atoms with van der Waals surface area (Å²) in [5.41, 5.74) is 0. The van der Waals surface area contributed by atoms with E-state index in [1.807, 2.05) is 0 Å². The molecule has 5 nitrogen and oxygen atoms in total. The van der Waals surface area contributed by atoms with E-state index in [-0.39, 0.29) is 28.9 Å². The molecule has 19 heavy (non-hydrogen) atoms. The Balaban J connectivity index is 2.01. The van der Waals surface area contributed by atoms with E-state index in [1.54, 1.807) is 0 Å². The Morgan fingerprint density at radius 1 is 1.26 bits per heavy atom. The quantitative estimate of drug-likeness (QED) is 0.784. The lowest BCUT2D eigenvalue weighted by Crippen LogP contribution is -2.16. The van der Waals surface area contributed by atoms with Crippen molar-refractivity contribution in [3.05, 3.63) is 29.3 Å². The lowest BCUT2D eigenvalue weighted by molar-refractivity contribution is 0.268. The highest BCUT2D eigenvalue weighted by Gasteiger charge is 2.29. The number of sulfone groups is 1. The fraction of sp³-hybridized carbons (Fsp3) is 0.455. The van der Waals surface area contributed by atoms with Gasteiger partial charge in [-0.25, -0.2) is 8.42 Å². The average Bonchev–Trinajstić information content (AvgIpc) is 2.67.